The van der Waals surface area contributed by atoms with Crippen LogP contribution >= 0.6 is 39.1 Å². The monoisotopic (exact) mass is 394 g/mol. The summed E-state index contributed by atoms with van der Waals surface area (Å²) in [6, 6.07) is 9.00. The predicted octanol–water partition coefficient (Wildman–Crippen LogP) is 4.14. The highest BCUT2D eigenvalue weighted by molar-refractivity contribution is 9.10. The number of hydrogen-bond donors (Lipinski definition) is 2. The minimum absolute atomic E-state index is 0.0409. The molecular weight excluding hydrogens is 387 g/mol. The molecule has 0 saturated carbocycles. The Morgan fingerprint density at radius 2 is 1.75 bits per heavy atom. The molecule has 8 heteroatoms. The number of rotatable bonds is 3. The molecule has 0 spiro atoms. The molecule has 0 aromatic heterocycles. The van der Waals surface area contributed by atoms with Crippen molar-refractivity contribution in [3.63, 3.8) is 0 Å². The van der Waals surface area contributed by atoms with Gasteiger partial charge in [0.15, 0.2) is 0 Å². The van der Waals surface area contributed by atoms with E-state index in [-0.39, 0.29) is 20.6 Å². The largest absolute Gasteiger partial charge is 0.399 e. The van der Waals surface area contributed by atoms with Gasteiger partial charge < -0.3 is 5.73 Å². The SMILES string of the molecule is Nc1ccc(Cl)c(NS(=O)(=O)c2ccc(Br)cc2Cl)c1. The number of hydrogen-bond acceptors (Lipinski definition) is 3. The van der Waals surface area contributed by atoms with Crippen LogP contribution < -0.4 is 10.5 Å². The van der Waals surface area contributed by atoms with Crippen molar-refractivity contribution in [1.82, 2.24) is 0 Å². The Morgan fingerprint density at radius 3 is 2.40 bits per heavy atom. The van der Waals surface area contributed by atoms with E-state index in [9.17, 15) is 8.42 Å². The topological polar surface area (TPSA) is 72.2 Å². The van der Waals surface area contributed by atoms with Gasteiger partial charge in [0.2, 0.25) is 0 Å². The van der Waals surface area contributed by atoms with Crippen LogP contribution in [-0.4, -0.2) is 8.42 Å². The van der Waals surface area contributed by atoms with E-state index < -0.39 is 10.0 Å². The van der Waals surface area contributed by atoms with Crippen molar-refractivity contribution in [1.29, 1.82) is 0 Å². The zero-order chi connectivity index (χ0) is 14.9. The Hall–Kier alpha value is -0.950. The van der Waals surface area contributed by atoms with Gasteiger partial charge in [-0.15, -0.1) is 0 Å². The fourth-order valence-corrected chi connectivity index (χ4v) is 3.84. The molecule has 0 saturated heterocycles. The van der Waals surface area contributed by atoms with Crippen LogP contribution in [0.3, 0.4) is 0 Å². The zero-order valence-corrected chi connectivity index (χ0v) is 13.8. The molecule has 0 aliphatic heterocycles. The van der Waals surface area contributed by atoms with Gasteiger partial charge in [0.05, 0.1) is 15.7 Å². The Morgan fingerprint density at radius 1 is 1.05 bits per heavy atom. The van der Waals surface area contributed by atoms with E-state index in [1.165, 1.54) is 24.3 Å². The van der Waals surface area contributed by atoms with E-state index >= 15 is 0 Å². The van der Waals surface area contributed by atoms with Gasteiger partial charge in [-0.2, -0.15) is 0 Å². The second-order valence-electron chi connectivity index (χ2n) is 3.92. The first kappa shape index (κ1) is 15.4. The molecule has 2 aromatic carbocycles. The summed E-state index contributed by atoms with van der Waals surface area (Å²) in [6.07, 6.45) is 0. The van der Waals surface area contributed by atoms with Gasteiger partial charge in [-0.25, -0.2) is 8.42 Å². The quantitative estimate of drug-likeness (QED) is 0.767. The number of anilines is 2. The molecule has 3 N–H and O–H groups in total. The normalized spacial score (nSPS) is 11.3. The molecule has 0 bridgehead atoms. The minimum Gasteiger partial charge on any atom is -0.399 e. The fraction of sp³-hybridized carbons (Fsp3) is 0. The third-order valence-electron chi connectivity index (χ3n) is 2.42. The van der Waals surface area contributed by atoms with Crippen molar-refractivity contribution in [2.24, 2.45) is 0 Å². The van der Waals surface area contributed by atoms with Gasteiger partial charge in [-0.1, -0.05) is 39.1 Å². The molecule has 0 heterocycles. The van der Waals surface area contributed by atoms with Crippen LogP contribution in [0, 0.1) is 0 Å². The molecule has 4 nitrogen and oxygen atoms in total. The number of halogens is 3. The second-order valence-corrected chi connectivity index (χ2v) is 7.30. The fourth-order valence-electron chi connectivity index (χ4n) is 1.51. The van der Waals surface area contributed by atoms with Crippen molar-refractivity contribution in [3.05, 3.63) is 50.9 Å². The molecule has 2 rings (SSSR count). The molecule has 0 radical (unpaired) electrons. The van der Waals surface area contributed by atoms with Crippen molar-refractivity contribution in [3.8, 4) is 0 Å². The lowest BCUT2D eigenvalue weighted by atomic mass is 10.3. The third-order valence-corrected chi connectivity index (χ3v) is 5.09. The Labute approximate surface area is 135 Å². The first-order valence-electron chi connectivity index (χ1n) is 5.32. The Balaban J connectivity index is 2.43. The molecule has 0 atom stereocenters. The lowest BCUT2D eigenvalue weighted by Crippen LogP contribution is -2.14. The highest BCUT2D eigenvalue weighted by Gasteiger charge is 2.19. The molecule has 0 fully saturated rings. The summed E-state index contributed by atoms with van der Waals surface area (Å²) in [4.78, 5) is -0.0409. The summed E-state index contributed by atoms with van der Waals surface area (Å²) < 4.78 is 27.6. The number of sulfonamides is 1. The average molecular weight is 396 g/mol. The van der Waals surface area contributed by atoms with Gasteiger partial charge >= 0.3 is 0 Å². The van der Waals surface area contributed by atoms with Crippen molar-refractivity contribution >= 4 is 60.5 Å². The van der Waals surface area contributed by atoms with E-state index in [1.54, 1.807) is 12.1 Å². The Bertz CT molecular complexity index is 766. The van der Waals surface area contributed by atoms with Gasteiger partial charge in [0.1, 0.15) is 4.90 Å². The molecule has 0 amide bonds. The number of benzene rings is 2. The number of nitrogens with two attached hydrogens (primary N) is 1. The van der Waals surface area contributed by atoms with Crippen LogP contribution in [0.5, 0.6) is 0 Å². The number of nitrogen functional groups attached to an aromatic ring is 1. The van der Waals surface area contributed by atoms with Crippen molar-refractivity contribution in [2.45, 2.75) is 4.90 Å². The molecule has 0 aliphatic rings. The first-order valence-corrected chi connectivity index (χ1v) is 8.36. The summed E-state index contributed by atoms with van der Waals surface area (Å²) in [5.74, 6) is 0. The van der Waals surface area contributed by atoms with E-state index in [0.717, 1.165) is 0 Å². The zero-order valence-electron chi connectivity index (χ0n) is 9.90. The maximum absolute atomic E-state index is 12.3. The van der Waals surface area contributed by atoms with Crippen LogP contribution in [0.15, 0.2) is 45.8 Å². The summed E-state index contributed by atoms with van der Waals surface area (Å²) in [5.41, 5.74) is 6.21. The maximum atomic E-state index is 12.3. The van der Waals surface area contributed by atoms with E-state index in [1.807, 2.05) is 0 Å². The van der Waals surface area contributed by atoms with E-state index in [4.69, 9.17) is 28.9 Å². The van der Waals surface area contributed by atoms with Crippen LogP contribution in [-0.2, 0) is 10.0 Å². The first-order chi connectivity index (χ1) is 9.29. The molecule has 0 aliphatic carbocycles. The van der Waals surface area contributed by atoms with Crippen LogP contribution in [0.2, 0.25) is 10.0 Å². The predicted molar refractivity (Wildman–Crippen MR) is 85.8 cm³/mol. The average Bonchev–Trinajstić information content (AvgIpc) is 2.33. The second kappa shape index (κ2) is 5.81. The molecule has 2 aromatic rings. The highest BCUT2D eigenvalue weighted by atomic mass is 79.9. The van der Waals surface area contributed by atoms with Gasteiger partial charge in [0, 0.05) is 10.2 Å². The molecule has 106 valence electrons. The minimum atomic E-state index is -3.84. The smallest absolute Gasteiger partial charge is 0.263 e. The van der Waals surface area contributed by atoms with E-state index in [0.29, 0.717) is 10.2 Å². The van der Waals surface area contributed by atoms with Crippen molar-refractivity contribution in [2.75, 3.05) is 10.5 Å². The standard InChI is InChI=1S/C12H9BrCl2N2O2S/c13-7-1-4-12(10(15)5-7)20(18,19)17-11-6-8(16)2-3-9(11)14/h1-6,17H,16H2. The van der Waals surface area contributed by atoms with Crippen LogP contribution in [0.1, 0.15) is 0 Å². The van der Waals surface area contributed by atoms with Crippen LogP contribution in [0.25, 0.3) is 0 Å². The van der Waals surface area contributed by atoms with Gasteiger partial charge in [0.25, 0.3) is 10.0 Å². The van der Waals surface area contributed by atoms with E-state index in [2.05, 4.69) is 20.7 Å². The maximum Gasteiger partial charge on any atom is 0.263 e. The van der Waals surface area contributed by atoms with Crippen molar-refractivity contribution < 1.29 is 8.42 Å². The Kier molecular flexibility index (Phi) is 4.49. The summed E-state index contributed by atoms with van der Waals surface area (Å²) in [5, 5.41) is 0.350. The molecule has 0 unspecified atom stereocenters. The lowest BCUT2D eigenvalue weighted by Gasteiger charge is -2.11. The lowest BCUT2D eigenvalue weighted by molar-refractivity contribution is 0.601. The summed E-state index contributed by atoms with van der Waals surface area (Å²) >= 11 is 15.1. The summed E-state index contributed by atoms with van der Waals surface area (Å²) in [7, 11) is -3.84. The molecular formula is C12H9BrCl2N2O2S. The molecule has 20 heavy (non-hydrogen) atoms. The van der Waals surface area contributed by atoms with Gasteiger partial charge in [-0.3, -0.25) is 4.72 Å². The highest BCUT2D eigenvalue weighted by Crippen LogP contribution is 2.30. The number of nitrogens with one attached hydrogen (secondary N) is 1. The summed E-state index contributed by atoms with van der Waals surface area (Å²) in [6.45, 7) is 0. The third kappa shape index (κ3) is 3.38. The van der Waals surface area contributed by atoms with Gasteiger partial charge in [-0.05, 0) is 36.4 Å². The van der Waals surface area contributed by atoms with Crippen LogP contribution in [0.4, 0.5) is 11.4 Å².